The number of aliphatic carboxylic acids is 1. The van der Waals surface area contributed by atoms with Crippen molar-refractivity contribution in [2.45, 2.75) is 26.3 Å². The monoisotopic (exact) mass is 239 g/mol. The molecule has 6 nitrogen and oxygen atoms in total. The van der Waals surface area contributed by atoms with Crippen molar-refractivity contribution < 1.29 is 24.3 Å². The third-order valence-corrected chi connectivity index (χ3v) is 2.98. The summed E-state index contributed by atoms with van der Waals surface area (Å²) in [5, 5.41) is 8.68. The topological polar surface area (TPSA) is 121 Å². The average molecular weight is 239 g/mol. The number of nitrogens with two attached hydrogens (primary N) is 1. The predicted molar refractivity (Wildman–Crippen MR) is 55.5 cm³/mol. The summed E-state index contributed by atoms with van der Waals surface area (Å²) in [5.41, 5.74) is 5.37. The van der Waals surface area contributed by atoms with Crippen molar-refractivity contribution in [3.63, 3.8) is 0 Å². The van der Waals surface area contributed by atoms with Crippen LogP contribution in [0.5, 0.6) is 0 Å². The third kappa shape index (κ3) is 6.62. The van der Waals surface area contributed by atoms with E-state index in [0.29, 0.717) is 6.42 Å². The summed E-state index contributed by atoms with van der Waals surface area (Å²) in [5.74, 6) is -1.77. The van der Waals surface area contributed by atoms with Gasteiger partial charge in [0.1, 0.15) is 6.04 Å². The molecule has 0 aliphatic rings. The lowest BCUT2D eigenvalue weighted by Gasteiger charge is -2.22. The summed E-state index contributed by atoms with van der Waals surface area (Å²) in [4.78, 5) is 28.2. The van der Waals surface area contributed by atoms with Crippen LogP contribution in [0.3, 0.4) is 0 Å². The van der Waals surface area contributed by atoms with E-state index in [-0.39, 0.29) is 5.92 Å². The fourth-order valence-electron chi connectivity index (χ4n) is 1.45. The van der Waals surface area contributed by atoms with Crippen LogP contribution in [0.2, 0.25) is 0 Å². The maximum absolute atomic E-state index is 10.8. The van der Waals surface area contributed by atoms with Crippen molar-refractivity contribution in [2.75, 3.05) is 6.16 Å². The van der Waals surface area contributed by atoms with E-state index in [1.807, 2.05) is 13.8 Å². The first-order valence-corrected chi connectivity index (χ1v) is 6.46. The molecule has 5 N–H and O–H groups in total. The molecule has 0 heterocycles. The van der Waals surface area contributed by atoms with Crippen molar-refractivity contribution in [1.29, 1.82) is 0 Å². The number of hydrogen-bond donors (Lipinski definition) is 4. The first-order valence-electron chi connectivity index (χ1n) is 4.66. The van der Waals surface area contributed by atoms with Crippen LogP contribution in [0.1, 0.15) is 20.3 Å². The Morgan fingerprint density at radius 3 is 2.13 bits per heavy atom. The highest BCUT2D eigenvalue weighted by Gasteiger charge is 2.30. The molecular weight excluding hydrogens is 221 g/mol. The number of carbonyl (C=O) groups is 1. The van der Waals surface area contributed by atoms with Crippen LogP contribution in [-0.4, -0.2) is 33.1 Å². The van der Waals surface area contributed by atoms with E-state index in [1.165, 1.54) is 0 Å². The highest BCUT2D eigenvalue weighted by atomic mass is 31.2. The summed E-state index contributed by atoms with van der Waals surface area (Å²) in [6, 6.07) is -1.22. The van der Waals surface area contributed by atoms with E-state index in [1.54, 1.807) is 0 Å². The Kier molecular flexibility index (Phi) is 5.45. The van der Waals surface area contributed by atoms with E-state index in [4.69, 9.17) is 20.6 Å². The van der Waals surface area contributed by atoms with Crippen LogP contribution in [0.4, 0.5) is 0 Å². The quantitative estimate of drug-likeness (QED) is 0.492. The lowest BCUT2D eigenvalue weighted by atomic mass is 9.92. The van der Waals surface area contributed by atoms with E-state index in [0.717, 1.165) is 0 Å². The first-order chi connectivity index (χ1) is 6.63. The van der Waals surface area contributed by atoms with E-state index in [2.05, 4.69) is 0 Å². The Labute approximate surface area is 88.6 Å². The molecule has 0 aromatic heterocycles. The smallest absolute Gasteiger partial charge is 0.325 e. The maximum Gasteiger partial charge on any atom is 0.325 e. The molecule has 0 radical (unpaired) electrons. The highest BCUT2D eigenvalue weighted by molar-refractivity contribution is 7.51. The van der Waals surface area contributed by atoms with Gasteiger partial charge < -0.3 is 20.6 Å². The second kappa shape index (κ2) is 5.61. The minimum absolute atomic E-state index is 0.145. The van der Waals surface area contributed by atoms with Gasteiger partial charge in [-0.1, -0.05) is 13.8 Å². The second-order valence-electron chi connectivity index (χ2n) is 4.10. The molecule has 0 unspecified atom stereocenters. The Morgan fingerprint density at radius 1 is 1.40 bits per heavy atom. The van der Waals surface area contributed by atoms with Gasteiger partial charge in [0.2, 0.25) is 0 Å². The van der Waals surface area contributed by atoms with Gasteiger partial charge in [-0.2, -0.15) is 0 Å². The molecule has 0 rings (SSSR count). The molecule has 0 spiro atoms. The second-order valence-corrected chi connectivity index (χ2v) is 5.80. The summed E-state index contributed by atoms with van der Waals surface area (Å²) in [7, 11) is -4.21. The van der Waals surface area contributed by atoms with Gasteiger partial charge in [0.25, 0.3) is 0 Å². The molecule has 0 aromatic rings. The van der Waals surface area contributed by atoms with Crippen LogP contribution in [-0.2, 0) is 9.36 Å². The maximum atomic E-state index is 10.8. The molecule has 0 amide bonds. The van der Waals surface area contributed by atoms with Crippen molar-refractivity contribution >= 4 is 13.6 Å². The molecule has 0 saturated heterocycles. The van der Waals surface area contributed by atoms with Crippen molar-refractivity contribution in [2.24, 2.45) is 17.6 Å². The molecule has 0 aliphatic heterocycles. The fraction of sp³-hybridized carbons (Fsp3) is 0.875. The Bertz CT molecular complexity index is 262. The van der Waals surface area contributed by atoms with Crippen LogP contribution >= 0.6 is 7.60 Å². The zero-order valence-electron chi connectivity index (χ0n) is 8.83. The van der Waals surface area contributed by atoms with Gasteiger partial charge in [-0.15, -0.1) is 0 Å². The zero-order valence-corrected chi connectivity index (χ0v) is 9.72. The normalized spacial score (nSPS) is 16.4. The van der Waals surface area contributed by atoms with Crippen LogP contribution in [0.25, 0.3) is 0 Å². The van der Waals surface area contributed by atoms with Gasteiger partial charge in [-0.25, -0.2) is 0 Å². The SMILES string of the molecule is CC(C)C[C@H](CP(=O)(O)O)[C@@H](N)C(=O)O. The fourth-order valence-corrected chi connectivity index (χ4v) is 2.43. The summed E-state index contributed by atoms with van der Waals surface area (Å²) >= 11 is 0. The Balaban J connectivity index is 4.58. The standard InChI is InChI=1S/C8H18NO5P/c1-5(2)3-6(4-15(12,13)14)7(9)8(10)11/h5-7H,3-4,9H2,1-2H3,(H,10,11)(H2,12,13,14)/t6-,7-/m1/s1. The van der Waals surface area contributed by atoms with E-state index < -0.39 is 31.7 Å². The first kappa shape index (κ1) is 14.6. The Morgan fingerprint density at radius 2 is 1.87 bits per heavy atom. The number of hydrogen-bond acceptors (Lipinski definition) is 3. The summed E-state index contributed by atoms with van der Waals surface area (Å²) in [6.07, 6.45) is -0.0861. The van der Waals surface area contributed by atoms with Gasteiger partial charge in [-0.3, -0.25) is 9.36 Å². The van der Waals surface area contributed by atoms with Gasteiger partial charge in [-0.05, 0) is 18.3 Å². The van der Waals surface area contributed by atoms with Crippen molar-refractivity contribution in [1.82, 2.24) is 0 Å². The molecule has 0 bridgehead atoms. The molecule has 2 atom stereocenters. The average Bonchev–Trinajstić information content (AvgIpc) is 1.97. The lowest BCUT2D eigenvalue weighted by Crippen LogP contribution is -2.40. The predicted octanol–water partition coefficient (Wildman–Crippen LogP) is 0.238. The summed E-state index contributed by atoms with van der Waals surface area (Å²) in [6.45, 7) is 3.70. The molecule has 0 fully saturated rings. The molecule has 15 heavy (non-hydrogen) atoms. The molecule has 7 heteroatoms. The number of rotatable bonds is 6. The van der Waals surface area contributed by atoms with E-state index >= 15 is 0 Å². The number of carboxylic acids is 1. The van der Waals surface area contributed by atoms with Gasteiger partial charge in [0, 0.05) is 0 Å². The van der Waals surface area contributed by atoms with Gasteiger partial charge in [0.15, 0.2) is 0 Å². The highest BCUT2D eigenvalue weighted by Crippen LogP contribution is 2.39. The molecule has 0 aromatic carbocycles. The number of carboxylic acid groups (broad SMARTS) is 1. The summed E-state index contributed by atoms with van der Waals surface area (Å²) < 4.78 is 10.8. The minimum atomic E-state index is -4.21. The van der Waals surface area contributed by atoms with Crippen molar-refractivity contribution in [3.8, 4) is 0 Å². The van der Waals surface area contributed by atoms with Crippen LogP contribution in [0.15, 0.2) is 0 Å². The minimum Gasteiger partial charge on any atom is -0.480 e. The van der Waals surface area contributed by atoms with E-state index in [9.17, 15) is 9.36 Å². The van der Waals surface area contributed by atoms with Crippen molar-refractivity contribution in [3.05, 3.63) is 0 Å². The zero-order chi connectivity index (χ0) is 12.2. The van der Waals surface area contributed by atoms with Gasteiger partial charge in [0.05, 0.1) is 6.16 Å². The van der Waals surface area contributed by atoms with Crippen LogP contribution in [0, 0.1) is 11.8 Å². The molecule has 0 saturated carbocycles. The van der Waals surface area contributed by atoms with Crippen LogP contribution < -0.4 is 5.73 Å². The molecule has 0 aliphatic carbocycles. The lowest BCUT2D eigenvalue weighted by molar-refractivity contribution is -0.139. The molecule has 90 valence electrons. The third-order valence-electron chi connectivity index (χ3n) is 2.04. The Hall–Kier alpha value is -0.420. The molecular formula is C8H18NO5P. The van der Waals surface area contributed by atoms with Gasteiger partial charge >= 0.3 is 13.6 Å². The largest absolute Gasteiger partial charge is 0.480 e.